The predicted octanol–water partition coefficient (Wildman–Crippen LogP) is 2.84. The van der Waals surface area contributed by atoms with Crippen LogP contribution in [0, 0.1) is 0 Å². The van der Waals surface area contributed by atoms with Crippen molar-refractivity contribution < 1.29 is 0 Å². The first-order valence-electron chi connectivity index (χ1n) is 5.05. The van der Waals surface area contributed by atoms with E-state index in [9.17, 15) is 0 Å². The number of nitrogens with one attached hydrogen (secondary N) is 1. The Morgan fingerprint density at radius 1 is 1.13 bits per heavy atom. The lowest BCUT2D eigenvalue weighted by Crippen LogP contribution is -2.26. The zero-order valence-electron chi connectivity index (χ0n) is 9.28. The number of rotatable bonds is 1. The van der Waals surface area contributed by atoms with E-state index in [1.165, 1.54) is 0 Å². The lowest BCUT2D eigenvalue weighted by atomic mass is 10.1. The van der Waals surface area contributed by atoms with Crippen molar-refractivity contribution in [1.82, 2.24) is 9.97 Å². The minimum atomic E-state index is 0.0233. The van der Waals surface area contributed by atoms with E-state index < -0.39 is 0 Å². The number of anilines is 1. The minimum Gasteiger partial charge on any atom is -0.365 e. The lowest BCUT2D eigenvalue weighted by molar-refractivity contribution is 0.631. The molecule has 0 aromatic carbocycles. The van der Waals surface area contributed by atoms with Crippen LogP contribution in [0.5, 0.6) is 0 Å². The summed E-state index contributed by atoms with van der Waals surface area (Å²) in [7, 11) is 0. The SMILES string of the molecule is CC(C)(C)Nc1ccc2cccnc2n1. The third-order valence-corrected chi connectivity index (χ3v) is 1.97. The second kappa shape index (κ2) is 3.50. The smallest absolute Gasteiger partial charge is 0.161 e. The van der Waals surface area contributed by atoms with E-state index in [1.54, 1.807) is 6.20 Å². The fourth-order valence-corrected chi connectivity index (χ4v) is 1.41. The normalized spacial score (nSPS) is 11.7. The van der Waals surface area contributed by atoms with Crippen LogP contribution in [0.4, 0.5) is 5.82 Å². The third kappa shape index (κ3) is 2.43. The molecule has 2 rings (SSSR count). The Balaban J connectivity index is 2.39. The van der Waals surface area contributed by atoms with Gasteiger partial charge in [0.1, 0.15) is 5.82 Å². The molecule has 0 aliphatic heterocycles. The van der Waals surface area contributed by atoms with Gasteiger partial charge in [0.15, 0.2) is 5.65 Å². The zero-order chi connectivity index (χ0) is 10.9. The first-order valence-corrected chi connectivity index (χ1v) is 5.05. The fraction of sp³-hybridized carbons (Fsp3) is 0.333. The summed E-state index contributed by atoms with van der Waals surface area (Å²) in [6.07, 6.45) is 1.76. The number of nitrogens with zero attached hydrogens (tertiary/aromatic N) is 2. The Bertz CT molecular complexity index is 471. The van der Waals surface area contributed by atoms with Crippen molar-refractivity contribution in [1.29, 1.82) is 0 Å². The average Bonchev–Trinajstić information content (AvgIpc) is 2.15. The second-order valence-electron chi connectivity index (χ2n) is 4.62. The van der Waals surface area contributed by atoms with Crippen molar-refractivity contribution in [3.63, 3.8) is 0 Å². The van der Waals surface area contributed by atoms with Crippen LogP contribution >= 0.6 is 0 Å². The maximum Gasteiger partial charge on any atom is 0.161 e. The molecule has 0 radical (unpaired) electrons. The van der Waals surface area contributed by atoms with Crippen molar-refractivity contribution in [2.75, 3.05) is 5.32 Å². The van der Waals surface area contributed by atoms with Crippen LogP contribution in [0.1, 0.15) is 20.8 Å². The van der Waals surface area contributed by atoms with Crippen LogP contribution in [0.15, 0.2) is 30.5 Å². The van der Waals surface area contributed by atoms with Gasteiger partial charge in [-0.2, -0.15) is 0 Å². The van der Waals surface area contributed by atoms with Crippen LogP contribution in [-0.2, 0) is 0 Å². The topological polar surface area (TPSA) is 37.8 Å². The van der Waals surface area contributed by atoms with Crippen LogP contribution in [0.25, 0.3) is 11.0 Å². The Kier molecular flexibility index (Phi) is 2.31. The van der Waals surface area contributed by atoms with E-state index in [0.29, 0.717) is 0 Å². The van der Waals surface area contributed by atoms with Gasteiger partial charge in [0.2, 0.25) is 0 Å². The monoisotopic (exact) mass is 201 g/mol. The molecule has 0 saturated carbocycles. The average molecular weight is 201 g/mol. The molecule has 0 aliphatic carbocycles. The molecule has 15 heavy (non-hydrogen) atoms. The Hall–Kier alpha value is -1.64. The molecular formula is C12H15N3. The van der Waals surface area contributed by atoms with Crippen LogP contribution < -0.4 is 5.32 Å². The van der Waals surface area contributed by atoms with Gasteiger partial charge < -0.3 is 5.32 Å². The molecule has 1 N–H and O–H groups in total. The molecule has 0 saturated heterocycles. The van der Waals surface area contributed by atoms with E-state index in [1.807, 2.05) is 24.3 Å². The van der Waals surface area contributed by atoms with Crippen molar-refractivity contribution in [2.45, 2.75) is 26.3 Å². The van der Waals surface area contributed by atoms with E-state index in [2.05, 4.69) is 36.1 Å². The van der Waals surface area contributed by atoms with Gasteiger partial charge in [-0.15, -0.1) is 0 Å². The molecule has 3 nitrogen and oxygen atoms in total. The van der Waals surface area contributed by atoms with Gasteiger partial charge in [0.25, 0.3) is 0 Å². The summed E-state index contributed by atoms with van der Waals surface area (Å²) < 4.78 is 0. The fourth-order valence-electron chi connectivity index (χ4n) is 1.41. The molecule has 2 aromatic heterocycles. The van der Waals surface area contributed by atoms with Gasteiger partial charge >= 0.3 is 0 Å². The summed E-state index contributed by atoms with van der Waals surface area (Å²) in [6.45, 7) is 6.33. The Morgan fingerprint density at radius 2 is 1.93 bits per heavy atom. The second-order valence-corrected chi connectivity index (χ2v) is 4.62. The molecule has 0 aliphatic rings. The number of hydrogen-bond donors (Lipinski definition) is 1. The van der Waals surface area contributed by atoms with Crippen molar-refractivity contribution >= 4 is 16.9 Å². The van der Waals surface area contributed by atoms with E-state index in [-0.39, 0.29) is 5.54 Å². The molecule has 0 fully saturated rings. The summed E-state index contributed by atoms with van der Waals surface area (Å²) in [6, 6.07) is 7.94. The van der Waals surface area contributed by atoms with Crippen LogP contribution in [0.3, 0.4) is 0 Å². The summed E-state index contributed by atoms with van der Waals surface area (Å²) in [4.78, 5) is 8.66. The molecule has 3 heteroatoms. The van der Waals surface area contributed by atoms with Gasteiger partial charge in [-0.1, -0.05) is 0 Å². The van der Waals surface area contributed by atoms with Gasteiger partial charge in [-0.3, -0.25) is 0 Å². The largest absolute Gasteiger partial charge is 0.365 e. The zero-order valence-corrected chi connectivity index (χ0v) is 9.28. The van der Waals surface area contributed by atoms with E-state index in [0.717, 1.165) is 16.9 Å². The highest BCUT2D eigenvalue weighted by molar-refractivity contribution is 5.76. The summed E-state index contributed by atoms with van der Waals surface area (Å²) in [5.74, 6) is 0.869. The van der Waals surface area contributed by atoms with Gasteiger partial charge in [0, 0.05) is 17.1 Å². The molecule has 78 valence electrons. The minimum absolute atomic E-state index is 0.0233. The van der Waals surface area contributed by atoms with Crippen LogP contribution in [0.2, 0.25) is 0 Å². The standard InChI is InChI=1S/C12H15N3/c1-12(2,3)15-10-7-6-9-5-4-8-13-11(9)14-10/h4-8H,1-3H3,(H,13,14,15). The van der Waals surface area contributed by atoms with Crippen molar-refractivity contribution in [3.8, 4) is 0 Å². The highest BCUT2D eigenvalue weighted by atomic mass is 15.1. The molecular weight excluding hydrogens is 186 g/mol. The lowest BCUT2D eigenvalue weighted by Gasteiger charge is -2.21. The van der Waals surface area contributed by atoms with E-state index >= 15 is 0 Å². The first kappa shape index (κ1) is 9.90. The molecule has 0 atom stereocenters. The maximum atomic E-state index is 4.44. The number of fused-ring (bicyclic) bond motifs is 1. The van der Waals surface area contributed by atoms with Gasteiger partial charge in [-0.05, 0) is 45.0 Å². The summed E-state index contributed by atoms with van der Waals surface area (Å²) >= 11 is 0. The third-order valence-electron chi connectivity index (χ3n) is 1.97. The Labute approximate surface area is 89.6 Å². The summed E-state index contributed by atoms with van der Waals surface area (Å²) in [5.41, 5.74) is 0.807. The predicted molar refractivity (Wildman–Crippen MR) is 62.9 cm³/mol. The van der Waals surface area contributed by atoms with Crippen LogP contribution in [-0.4, -0.2) is 15.5 Å². The molecule has 0 bridgehead atoms. The number of hydrogen-bond acceptors (Lipinski definition) is 3. The first-order chi connectivity index (χ1) is 7.04. The number of aromatic nitrogens is 2. The van der Waals surface area contributed by atoms with Crippen molar-refractivity contribution in [3.05, 3.63) is 30.5 Å². The quantitative estimate of drug-likeness (QED) is 0.771. The van der Waals surface area contributed by atoms with E-state index in [4.69, 9.17) is 0 Å². The van der Waals surface area contributed by atoms with Gasteiger partial charge in [-0.25, -0.2) is 9.97 Å². The highest BCUT2D eigenvalue weighted by Gasteiger charge is 2.10. The van der Waals surface area contributed by atoms with Crippen molar-refractivity contribution in [2.24, 2.45) is 0 Å². The highest BCUT2D eigenvalue weighted by Crippen LogP contribution is 2.15. The Morgan fingerprint density at radius 3 is 2.67 bits per heavy atom. The summed E-state index contributed by atoms with van der Waals surface area (Å²) in [5, 5.41) is 4.39. The van der Waals surface area contributed by atoms with Gasteiger partial charge in [0.05, 0.1) is 0 Å². The molecule has 0 spiro atoms. The molecule has 2 heterocycles. The molecule has 2 aromatic rings. The molecule has 0 unspecified atom stereocenters. The number of pyridine rings is 2. The molecule has 0 amide bonds. The maximum absolute atomic E-state index is 4.44.